The summed E-state index contributed by atoms with van der Waals surface area (Å²) >= 11 is 0. The fourth-order valence-corrected chi connectivity index (χ4v) is 1.75. The smallest absolute Gasteiger partial charge is 0.133 e. The number of nitrogens with one attached hydrogen (secondary N) is 1. The first-order valence-corrected chi connectivity index (χ1v) is 6.74. The lowest BCUT2D eigenvalue weighted by Gasteiger charge is -2.08. The number of unbranched alkanes of at least 4 members (excludes halogenated alkanes) is 3. The van der Waals surface area contributed by atoms with Gasteiger partial charge in [-0.05, 0) is 19.3 Å². The molecule has 0 atom stereocenters. The predicted molar refractivity (Wildman–Crippen MR) is 74.5 cm³/mol. The van der Waals surface area contributed by atoms with E-state index in [0.29, 0.717) is 5.82 Å². The molecule has 0 aliphatic heterocycles. The van der Waals surface area contributed by atoms with Crippen LogP contribution in [0.3, 0.4) is 0 Å². The Morgan fingerprint density at radius 1 is 1.22 bits per heavy atom. The highest BCUT2D eigenvalue weighted by atomic mass is 16.2. The van der Waals surface area contributed by atoms with Crippen LogP contribution in [0.15, 0.2) is 6.07 Å². The summed E-state index contributed by atoms with van der Waals surface area (Å²) < 4.78 is 0. The van der Waals surface area contributed by atoms with E-state index in [9.17, 15) is 0 Å². The van der Waals surface area contributed by atoms with Crippen molar-refractivity contribution in [3.05, 3.63) is 11.9 Å². The van der Waals surface area contributed by atoms with E-state index in [4.69, 9.17) is 10.8 Å². The third kappa shape index (κ3) is 5.82. The van der Waals surface area contributed by atoms with E-state index in [1.807, 2.05) is 0 Å². The Labute approximate surface area is 109 Å². The van der Waals surface area contributed by atoms with Crippen molar-refractivity contribution < 1.29 is 5.11 Å². The minimum absolute atomic E-state index is 0.288. The van der Waals surface area contributed by atoms with Crippen molar-refractivity contribution in [2.75, 3.05) is 24.2 Å². The number of nitrogen functional groups attached to an aromatic ring is 1. The Bertz CT molecular complexity index is 344. The molecule has 0 aliphatic rings. The summed E-state index contributed by atoms with van der Waals surface area (Å²) in [7, 11) is 0. The van der Waals surface area contributed by atoms with E-state index in [-0.39, 0.29) is 6.61 Å². The molecular formula is C13H24N4O. The van der Waals surface area contributed by atoms with E-state index >= 15 is 0 Å². The van der Waals surface area contributed by atoms with Crippen LogP contribution in [-0.4, -0.2) is 28.2 Å². The van der Waals surface area contributed by atoms with Gasteiger partial charge in [0.1, 0.15) is 17.5 Å². The number of nitrogens with zero attached hydrogens (tertiary/aromatic N) is 2. The number of anilines is 2. The number of rotatable bonds is 9. The van der Waals surface area contributed by atoms with Crippen molar-refractivity contribution in [1.82, 2.24) is 9.97 Å². The SMILES string of the molecule is CCCc1nc(N)cc(NCCCCCCO)n1. The number of nitrogens with two attached hydrogens (primary N) is 1. The summed E-state index contributed by atoms with van der Waals surface area (Å²) in [4.78, 5) is 8.61. The van der Waals surface area contributed by atoms with Gasteiger partial charge in [0.2, 0.25) is 0 Å². The van der Waals surface area contributed by atoms with Gasteiger partial charge in [-0.25, -0.2) is 9.97 Å². The van der Waals surface area contributed by atoms with Crippen molar-refractivity contribution in [1.29, 1.82) is 0 Å². The first-order chi connectivity index (χ1) is 8.76. The van der Waals surface area contributed by atoms with E-state index in [1.165, 1.54) is 0 Å². The maximum absolute atomic E-state index is 8.67. The monoisotopic (exact) mass is 252 g/mol. The highest BCUT2D eigenvalue weighted by molar-refractivity contribution is 5.44. The topological polar surface area (TPSA) is 84.1 Å². The minimum atomic E-state index is 0.288. The molecule has 0 spiro atoms. The van der Waals surface area contributed by atoms with Crippen molar-refractivity contribution in [3.8, 4) is 0 Å². The average molecular weight is 252 g/mol. The van der Waals surface area contributed by atoms with Gasteiger partial charge in [-0.2, -0.15) is 0 Å². The van der Waals surface area contributed by atoms with E-state index in [0.717, 1.165) is 56.7 Å². The summed E-state index contributed by atoms with van der Waals surface area (Å²) in [5.41, 5.74) is 5.74. The highest BCUT2D eigenvalue weighted by Gasteiger charge is 2.01. The van der Waals surface area contributed by atoms with Crippen LogP contribution in [0.4, 0.5) is 11.6 Å². The van der Waals surface area contributed by atoms with Gasteiger partial charge in [0.15, 0.2) is 0 Å². The number of aliphatic hydroxyl groups is 1. The number of aromatic nitrogens is 2. The summed E-state index contributed by atoms with van der Waals surface area (Å²) in [6.45, 7) is 3.27. The van der Waals surface area contributed by atoms with Crippen molar-refractivity contribution in [3.63, 3.8) is 0 Å². The van der Waals surface area contributed by atoms with Crippen LogP contribution in [0.25, 0.3) is 0 Å². The normalized spacial score (nSPS) is 10.6. The van der Waals surface area contributed by atoms with Crippen LogP contribution < -0.4 is 11.1 Å². The maximum Gasteiger partial charge on any atom is 0.133 e. The Balaban J connectivity index is 2.32. The van der Waals surface area contributed by atoms with E-state index in [2.05, 4.69) is 22.2 Å². The molecule has 0 aliphatic carbocycles. The quantitative estimate of drug-likeness (QED) is 0.585. The molecule has 1 heterocycles. The second-order valence-corrected chi connectivity index (χ2v) is 4.41. The first kappa shape index (κ1) is 14.7. The molecule has 0 amide bonds. The van der Waals surface area contributed by atoms with Gasteiger partial charge in [-0.15, -0.1) is 0 Å². The zero-order chi connectivity index (χ0) is 13.2. The molecule has 5 nitrogen and oxygen atoms in total. The maximum atomic E-state index is 8.67. The van der Waals surface area contributed by atoms with Crippen LogP contribution in [0, 0.1) is 0 Å². The molecule has 1 rings (SSSR count). The Hall–Kier alpha value is -1.36. The van der Waals surface area contributed by atoms with Gasteiger partial charge in [0.25, 0.3) is 0 Å². The van der Waals surface area contributed by atoms with Gasteiger partial charge in [-0.1, -0.05) is 19.8 Å². The largest absolute Gasteiger partial charge is 0.396 e. The second-order valence-electron chi connectivity index (χ2n) is 4.41. The van der Waals surface area contributed by atoms with Crippen LogP contribution in [-0.2, 0) is 6.42 Å². The van der Waals surface area contributed by atoms with Crippen LogP contribution >= 0.6 is 0 Å². The molecule has 0 saturated carbocycles. The highest BCUT2D eigenvalue weighted by Crippen LogP contribution is 2.10. The van der Waals surface area contributed by atoms with E-state index in [1.54, 1.807) is 6.07 Å². The van der Waals surface area contributed by atoms with Gasteiger partial charge in [0, 0.05) is 25.6 Å². The lowest BCUT2D eigenvalue weighted by Crippen LogP contribution is -2.07. The molecule has 0 aromatic carbocycles. The van der Waals surface area contributed by atoms with Crippen molar-refractivity contribution in [2.45, 2.75) is 45.4 Å². The van der Waals surface area contributed by atoms with Crippen LogP contribution in [0.2, 0.25) is 0 Å². The lowest BCUT2D eigenvalue weighted by molar-refractivity contribution is 0.283. The molecule has 0 saturated heterocycles. The molecule has 4 N–H and O–H groups in total. The van der Waals surface area contributed by atoms with Gasteiger partial charge >= 0.3 is 0 Å². The van der Waals surface area contributed by atoms with Gasteiger partial charge < -0.3 is 16.2 Å². The number of aliphatic hydroxyl groups excluding tert-OH is 1. The fraction of sp³-hybridized carbons (Fsp3) is 0.692. The zero-order valence-corrected chi connectivity index (χ0v) is 11.2. The molecule has 0 bridgehead atoms. The van der Waals surface area contributed by atoms with E-state index < -0.39 is 0 Å². The minimum Gasteiger partial charge on any atom is -0.396 e. The Morgan fingerprint density at radius 3 is 2.72 bits per heavy atom. The molecule has 102 valence electrons. The molecule has 1 aromatic rings. The lowest BCUT2D eigenvalue weighted by atomic mass is 10.2. The zero-order valence-electron chi connectivity index (χ0n) is 11.2. The van der Waals surface area contributed by atoms with Crippen molar-refractivity contribution >= 4 is 11.6 Å². The third-order valence-electron chi connectivity index (χ3n) is 2.66. The summed E-state index contributed by atoms with van der Waals surface area (Å²) in [6.07, 6.45) is 6.04. The first-order valence-electron chi connectivity index (χ1n) is 6.74. The number of aryl methyl sites for hydroxylation is 1. The summed E-state index contributed by atoms with van der Waals surface area (Å²) in [5.74, 6) is 2.14. The molecular weight excluding hydrogens is 228 g/mol. The van der Waals surface area contributed by atoms with Gasteiger partial charge in [-0.3, -0.25) is 0 Å². The standard InChI is InChI=1S/C13H24N4O/c1-2-7-12-16-11(14)10-13(17-12)15-8-5-3-4-6-9-18/h10,18H,2-9H2,1H3,(H3,14,15,16,17). The third-order valence-corrected chi connectivity index (χ3v) is 2.66. The predicted octanol–water partition coefficient (Wildman–Crippen LogP) is 1.98. The summed E-state index contributed by atoms with van der Waals surface area (Å²) in [6, 6.07) is 1.77. The molecule has 0 radical (unpaired) electrons. The molecule has 0 fully saturated rings. The van der Waals surface area contributed by atoms with Crippen molar-refractivity contribution in [2.24, 2.45) is 0 Å². The van der Waals surface area contributed by atoms with Gasteiger partial charge in [0.05, 0.1) is 0 Å². The summed E-state index contributed by atoms with van der Waals surface area (Å²) in [5, 5.41) is 11.9. The van der Waals surface area contributed by atoms with Crippen LogP contribution in [0.5, 0.6) is 0 Å². The number of hydrogen-bond donors (Lipinski definition) is 3. The fourth-order valence-electron chi connectivity index (χ4n) is 1.75. The molecule has 1 aromatic heterocycles. The Kier molecular flexibility index (Phi) is 7.10. The number of hydrogen-bond acceptors (Lipinski definition) is 5. The Morgan fingerprint density at radius 2 is 2.00 bits per heavy atom. The average Bonchev–Trinajstić information content (AvgIpc) is 2.33. The molecule has 18 heavy (non-hydrogen) atoms. The van der Waals surface area contributed by atoms with Crippen LogP contribution in [0.1, 0.15) is 44.9 Å². The molecule has 5 heteroatoms. The molecule has 0 unspecified atom stereocenters. The second kappa shape index (κ2) is 8.69.